The van der Waals surface area contributed by atoms with Crippen LogP contribution in [0.15, 0.2) is 48.5 Å². The number of phenolic OH excluding ortho intramolecular Hbond substituents is 1. The second kappa shape index (κ2) is 7.03. The Kier molecular flexibility index (Phi) is 5.08. The summed E-state index contributed by atoms with van der Waals surface area (Å²) in [4.78, 5) is 23.3. The minimum Gasteiger partial charge on any atom is -0.508 e. The maximum atomic E-state index is 12.4. The van der Waals surface area contributed by atoms with Gasteiger partial charge in [-0.1, -0.05) is 6.07 Å². The summed E-state index contributed by atoms with van der Waals surface area (Å²) >= 11 is 0. The van der Waals surface area contributed by atoms with Gasteiger partial charge in [0.05, 0.1) is 11.1 Å². The Morgan fingerprint density at radius 2 is 1.75 bits per heavy atom. The minimum atomic E-state index is -4.46. The van der Waals surface area contributed by atoms with E-state index < -0.39 is 30.2 Å². The van der Waals surface area contributed by atoms with Crippen LogP contribution in [0.1, 0.15) is 15.9 Å². The first-order valence-electron chi connectivity index (χ1n) is 6.69. The topological polar surface area (TPSA) is 75.6 Å². The number of hydrogen-bond acceptors (Lipinski definition) is 4. The van der Waals surface area contributed by atoms with Gasteiger partial charge in [-0.2, -0.15) is 13.2 Å². The van der Waals surface area contributed by atoms with Crippen LogP contribution in [0.3, 0.4) is 0 Å². The predicted molar refractivity (Wildman–Crippen MR) is 78.5 cm³/mol. The molecule has 2 N–H and O–H groups in total. The van der Waals surface area contributed by atoms with E-state index >= 15 is 0 Å². The summed E-state index contributed by atoms with van der Waals surface area (Å²) in [7, 11) is 0. The lowest BCUT2D eigenvalue weighted by Gasteiger charge is -2.09. The van der Waals surface area contributed by atoms with Gasteiger partial charge in [-0.15, -0.1) is 0 Å². The fourth-order valence-corrected chi connectivity index (χ4v) is 1.79. The van der Waals surface area contributed by atoms with E-state index in [1.54, 1.807) is 0 Å². The van der Waals surface area contributed by atoms with Crippen LogP contribution in [-0.4, -0.2) is 23.6 Å². The largest absolute Gasteiger partial charge is 0.508 e. The Morgan fingerprint density at radius 3 is 2.33 bits per heavy atom. The van der Waals surface area contributed by atoms with Gasteiger partial charge in [0.2, 0.25) is 0 Å². The van der Waals surface area contributed by atoms with Gasteiger partial charge in [0, 0.05) is 5.69 Å². The number of nitrogens with one attached hydrogen (secondary N) is 1. The third kappa shape index (κ3) is 4.73. The second-order valence-corrected chi connectivity index (χ2v) is 4.75. The van der Waals surface area contributed by atoms with E-state index in [9.17, 15) is 27.9 Å². The smallest absolute Gasteiger partial charge is 0.416 e. The lowest BCUT2D eigenvalue weighted by molar-refractivity contribution is -0.137. The maximum absolute atomic E-state index is 12.4. The number of hydrogen-bond donors (Lipinski definition) is 2. The molecule has 8 heteroatoms. The van der Waals surface area contributed by atoms with Crippen molar-refractivity contribution in [3.05, 3.63) is 59.7 Å². The van der Waals surface area contributed by atoms with Crippen LogP contribution in [-0.2, 0) is 15.7 Å². The van der Waals surface area contributed by atoms with Crippen molar-refractivity contribution in [1.82, 2.24) is 0 Å². The molecular formula is C16H12F3NO4. The molecule has 0 aliphatic rings. The molecule has 24 heavy (non-hydrogen) atoms. The summed E-state index contributed by atoms with van der Waals surface area (Å²) < 4.78 is 42.0. The molecule has 0 saturated heterocycles. The lowest BCUT2D eigenvalue weighted by atomic mass is 10.2. The lowest BCUT2D eigenvalue weighted by Crippen LogP contribution is -2.21. The molecular weight excluding hydrogens is 327 g/mol. The molecule has 5 nitrogen and oxygen atoms in total. The summed E-state index contributed by atoms with van der Waals surface area (Å²) in [6, 6.07) is 9.23. The number of ether oxygens (including phenoxy) is 1. The number of carbonyl (C=O) groups is 2. The van der Waals surface area contributed by atoms with E-state index in [2.05, 4.69) is 5.32 Å². The van der Waals surface area contributed by atoms with Crippen molar-refractivity contribution in [1.29, 1.82) is 0 Å². The summed E-state index contributed by atoms with van der Waals surface area (Å²) in [6.45, 7) is -0.616. The van der Waals surface area contributed by atoms with Crippen molar-refractivity contribution in [2.24, 2.45) is 0 Å². The molecule has 0 heterocycles. The number of alkyl halides is 3. The third-order valence-electron chi connectivity index (χ3n) is 2.91. The molecule has 0 aliphatic carbocycles. The number of anilines is 1. The van der Waals surface area contributed by atoms with Gasteiger partial charge < -0.3 is 15.2 Å². The fourth-order valence-electron chi connectivity index (χ4n) is 1.79. The molecule has 0 fully saturated rings. The molecule has 0 bridgehead atoms. The second-order valence-electron chi connectivity index (χ2n) is 4.75. The summed E-state index contributed by atoms with van der Waals surface area (Å²) in [5.74, 6) is -1.64. The normalized spacial score (nSPS) is 11.0. The van der Waals surface area contributed by atoms with Crippen molar-refractivity contribution in [2.45, 2.75) is 6.18 Å². The Labute approximate surface area is 134 Å². The van der Waals surface area contributed by atoms with Crippen LogP contribution in [0.5, 0.6) is 5.75 Å². The maximum Gasteiger partial charge on any atom is 0.416 e. The molecule has 0 spiro atoms. The molecule has 2 rings (SSSR count). The zero-order valence-electron chi connectivity index (χ0n) is 12.1. The number of rotatable bonds is 4. The highest BCUT2D eigenvalue weighted by molar-refractivity contribution is 5.95. The number of phenols is 1. The molecule has 126 valence electrons. The standard InChI is InChI=1S/C16H12F3NO4/c17-16(18,19)11-4-6-12(7-5-11)20-14(22)9-24-15(23)10-2-1-3-13(21)8-10/h1-8,21H,9H2,(H,20,22). The molecule has 2 aromatic rings. The first-order valence-corrected chi connectivity index (χ1v) is 6.69. The predicted octanol–water partition coefficient (Wildman–Crippen LogP) is 3.21. The number of halogens is 3. The van der Waals surface area contributed by atoms with Crippen molar-refractivity contribution >= 4 is 17.6 Å². The minimum absolute atomic E-state index is 0.0670. The molecule has 0 aliphatic heterocycles. The Balaban J connectivity index is 1.88. The SMILES string of the molecule is O=C(COC(=O)c1cccc(O)c1)Nc1ccc(C(F)(F)F)cc1. The van der Waals surface area contributed by atoms with Crippen LogP contribution in [0.2, 0.25) is 0 Å². The highest BCUT2D eigenvalue weighted by atomic mass is 19.4. The molecule has 0 saturated carbocycles. The summed E-state index contributed by atoms with van der Waals surface area (Å²) in [5, 5.41) is 11.6. The van der Waals surface area contributed by atoms with Crippen molar-refractivity contribution in [3.8, 4) is 5.75 Å². The van der Waals surface area contributed by atoms with Gasteiger partial charge in [-0.25, -0.2) is 4.79 Å². The Morgan fingerprint density at radius 1 is 1.08 bits per heavy atom. The van der Waals surface area contributed by atoms with Crippen LogP contribution in [0.4, 0.5) is 18.9 Å². The molecule has 0 unspecified atom stereocenters. The van der Waals surface area contributed by atoms with Gasteiger partial charge in [-0.05, 0) is 42.5 Å². The monoisotopic (exact) mass is 339 g/mol. The Hall–Kier alpha value is -3.03. The van der Waals surface area contributed by atoms with Gasteiger partial charge >= 0.3 is 12.1 Å². The number of benzene rings is 2. The number of esters is 1. The number of carbonyl (C=O) groups excluding carboxylic acids is 2. The quantitative estimate of drug-likeness (QED) is 0.839. The van der Waals surface area contributed by atoms with Crippen LogP contribution in [0, 0.1) is 0 Å². The van der Waals surface area contributed by atoms with E-state index in [1.807, 2.05) is 0 Å². The van der Waals surface area contributed by atoms with E-state index in [0.29, 0.717) is 0 Å². The molecule has 1 amide bonds. The third-order valence-corrected chi connectivity index (χ3v) is 2.91. The summed E-state index contributed by atoms with van der Waals surface area (Å²) in [5.41, 5.74) is -0.630. The zero-order valence-corrected chi connectivity index (χ0v) is 12.1. The van der Waals surface area contributed by atoms with Crippen molar-refractivity contribution < 1.29 is 32.6 Å². The average Bonchev–Trinajstić information content (AvgIpc) is 2.52. The number of aromatic hydroxyl groups is 1. The van der Waals surface area contributed by atoms with E-state index in [1.165, 1.54) is 24.3 Å². The van der Waals surface area contributed by atoms with Crippen LogP contribution < -0.4 is 5.32 Å². The van der Waals surface area contributed by atoms with Crippen molar-refractivity contribution in [2.75, 3.05) is 11.9 Å². The number of amides is 1. The average molecular weight is 339 g/mol. The summed E-state index contributed by atoms with van der Waals surface area (Å²) in [6.07, 6.45) is -4.46. The van der Waals surface area contributed by atoms with Crippen LogP contribution in [0.25, 0.3) is 0 Å². The van der Waals surface area contributed by atoms with Crippen molar-refractivity contribution in [3.63, 3.8) is 0 Å². The van der Waals surface area contributed by atoms with Gasteiger partial charge in [0.1, 0.15) is 5.75 Å². The highest BCUT2D eigenvalue weighted by Gasteiger charge is 2.29. The van der Waals surface area contributed by atoms with E-state index in [-0.39, 0.29) is 17.0 Å². The molecule has 0 aromatic heterocycles. The fraction of sp³-hybridized carbons (Fsp3) is 0.125. The van der Waals surface area contributed by atoms with Gasteiger partial charge in [0.15, 0.2) is 6.61 Å². The van der Waals surface area contributed by atoms with Crippen LogP contribution >= 0.6 is 0 Å². The zero-order chi connectivity index (χ0) is 17.7. The first kappa shape index (κ1) is 17.3. The molecule has 0 radical (unpaired) electrons. The van der Waals surface area contributed by atoms with Gasteiger partial charge in [-0.3, -0.25) is 4.79 Å². The van der Waals surface area contributed by atoms with E-state index in [4.69, 9.17) is 4.74 Å². The Bertz CT molecular complexity index is 742. The van der Waals surface area contributed by atoms with Gasteiger partial charge in [0.25, 0.3) is 5.91 Å². The molecule has 0 atom stereocenters. The first-order chi connectivity index (χ1) is 11.3. The van der Waals surface area contributed by atoms with E-state index in [0.717, 1.165) is 24.3 Å². The molecule has 2 aromatic carbocycles. The highest BCUT2D eigenvalue weighted by Crippen LogP contribution is 2.29.